The Kier molecular flexibility index (Phi) is 7.48. The lowest BCUT2D eigenvalue weighted by molar-refractivity contribution is -0.164. The van der Waals surface area contributed by atoms with Crippen molar-refractivity contribution in [3.63, 3.8) is 0 Å². The Morgan fingerprint density at radius 1 is 1.00 bits per heavy atom. The van der Waals surface area contributed by atoms with Crippen LogP contribution in [0.3, 0.4) is 0 Å². The molecule has 0 saturated carbocycles. The lowest BCUT2D eigenvalue weighted by Gasteiger charge is -2.40. The number of carbonyl (C=O) groups is 3. The number of amides is 3. The molecule has 1 aliphatic rings. The Balaban J connectivity index is 1.64. The highest BCUT2D eigenvalue weighted by molar-refractivity contribution is 5.95. The fourth-order valence-electron chi connectivity index (χ4n) is 3.19. The molecule has 1 fully saturated rings. The molecule has 0 spiro atoms. The summed E-state index contributed by atoms with van der Waals surface area (Å²) in [6.45, 7) is 5.66. The van der Waals surface area contributed by atoms with Crippen LogP contribution in [-0.2, 0) is 32.1 Å². The standard InChI is InChI=1S/C24H29N3O5/c1-24(2,3)32-22-19(21(29)27-22)26-20(28)18(14-16-10-6-4-7-11-16)25-23(30)31-15-17-12-8-5-9-13-17/h4-13,18-19,22H,14-15H2,1-3H3,(H,25,30)(H,26,28)(H,27,29)/t18-,19+,22-/m0/s1. The van der Waals surface area contributed by atoms with Crippen LogP contribution in [0.15, 0.2) is 60.7 Å². The zero-order valence-electron chi connectivity index (χ0n) is 18.5. The van der Waals surface area contributed by atoms with E-state index in [0.717, 1.165) is 11.1 Å². The van der Waals surface area contributed by atoms with E-state index in [1.54, 1.807) is 0 Å². The molecule has 3 atom stereocenters. The van der Waals surface area contributed by atoms with Crippen LogP contribution in [0.2, 0.25) is 0 Å². The molecular formula is C24H29N3O5. The fraction of sp³-hybridized carbons (Fsp3) is 0.375. The second-order valence-electron chi connectivity index (χ2n) is 8.59. The van der Waals surface area contributed by atoms with Crippen LogP contribution in [0, 0.1) is 0 Å². The number of hydrogen-bond donors (Lipinski definition) is 3. The summed E-state index contributed by atoms with van der Waals surface area (Å²) in [5.74, 6) is -0.828. The van der Waals surface area contributed by atoms with Crippen molar-refractivity contribution in [2.75, 3.05) is 0 Å². The van der Waals surface area contributed by atoms with E-state index in [9.17, 15) is 14.4 Å². The molecule has 3 amide bonds. The highest BCUT2D eigenvalue weighted by atomic mass is 16.5. The molecule has 1 aliphatic heterocycles. The van der Waals surface area contributed by atoms with Crippen molar-refractivity contribution in [1.82, 2.24) is 16.0 Å². The number of benzene rings is 2. The molecular weight excluding hydrogens is 410 g/mol. The summed E-state index contributed by atoms with van der Waals surface area (Å²) in [6.07, 6.45) is -1.11. The molecule has 0 radical (unpaired) electrons. The Morgan fingerprint density at radius 3 is 2.16 bits per heavy atom. The van der Waals surface area contributed by atoms with Crippen LogP contribution >= 0.6 is 0 Å². The topological polar surface area (TPSA) is 106 Å². The maximum absolute atomic E-state index is 13.0. The number of hydrogen-bond acceptors (Lipinski definition) is 5. The average molecular weight is 440 g/mol. The number of ether oxygens (including phenoxy) is 2. The normalized spacial score (nSPS) is 18.7. The van der Waals surface area contributed by atoms with Crippen LogP contribution in [0.1, 0.15) is 31.9 Å². The molecule has 0 unspecified atom stereocenters. The molecule has 0 aromatic heterocycles. The first-order valence-electron chi connectivity index (χ1n) is 10.5. The molecule has 0 bridgehead atoms. The van der Waals surface area contributed by atoms with Crippen molar-refractivity contribution < 1.29 is 23.9 Å². The molecule has 1 heterocycles. The van der Waals surface area contributed by atoms with E-state index in [0.29, 0.717) is 0 Å². The van der Waals surface area contributed by atoms with E-state index in [2.05, 4.69) is 16.0 Å². The lowest BCUT2D eigenvalue weighted by Crippen LogP contribution is -2.72. The van der Waals surface area contributed by atoms with Crippen LogP contribution in [0.25, 0.3) is 0 Å². The van der Waals surface area contributed by atoms with Crippen LogP contribution < -0.4 is 16.0 Å². The summed E-state index contributed by atoms with van der Waals surface area (Å²) >= 11 is 0. The minimum Gasteiger partial charge on any atom is -0.445 e. The highest BCUT2D eigenvalue weighted by Crippen LogP contribution is 2.17. The maximum Gasteiger partial charge on any atom is 0.408 e. The first-order valence-corrected chi connectivity index (χ1v) is 10.5. The highest BCUT2D eigenvalue weighted by Gasteiger charge is 2.44. The molecule has 3 N–H and O–H groups in total. The van der Waals surface area contributed by atoms with Crippen molar-refractivity contribution in [3.8, 4) is 0 Å². The van der Waals surface area contributed by atoms with Gasteiger partial charge in [0.2, 0.25) is 11.8 Å². The zero-order valence-corrected chi connectivity index (χ0v) is 18.5. The quantitative estimate of drug-likeness (QED) is 0.547. The molecule has 2 aromatic carbocycles. The van der Waals surface area contributed by atoms with Gasteiger partial charge >= 0.3 is 6.09 Å². The smallest absolute Gasteiger partial charge is 0.408 e. The first-order chi connectivity index (χ1) is 15.2. The summed E-state index contributed by atoms with van der Waals surface area (Å²) in [6, 6.07) is 16.8. The number of rotatable bonds is 8. The molecule has 170 valence electrons. The predicted molar refractivity (Wildman–Crippen MR) is 118 cm³/mol. The monoisotopic (exact) mass is 439 g/mol. The number of nitrogens with one attached hydrogen (secondary N) is 3. The van der Waals surface area contributed by atoms with Gasteiger partial charge in [-0.15, -0.1) is 0 Å². The van der Waals surface area contributed by atoms with Crippen molar-refractivity contribution in [1.29, 1.82) is 0 Å². The van der Waals surface area contributed by atoms with E-state index in [-0.39, 0.29) is 18.9 Å². The van der Waals surface area contributed by atoms with E-state index >= 15 is 0 Å². The average Bonchev–Trinajstić information content (AvgIpc) is 2.76. The van der Waals surface area contributed by atoms with Gasteiger partial charge in [0.05, 0.1) is 5.60 Å². The van der Waals surface area contributed by atoms with Crippen molar-refractivity contribution in [3.05, 3.63) is 71.8 Å². The second kappa shape index (κ2) is 10.3. The van der Waals surface area contributed by atoms with Gasteiger partial charge in [0, 0.05) is 6.42 Å². The molecule has 3 rings (SSSR count). The van der Waals surface area contributed by atoms with Gasteiger partial charge in [-0.25, -0.2) is 4.79 Å². The molecule has 8 heteroatoms. The van der Waals surface area contributed by atoms with Gasteiger partial charge in [0.15, 0.2) is 12.3 Å². The van der Waals surface area contributed by atoms with Gasteiger partial charge in [-0.05, 0) is 31.9 Å². The predicted octanol–water partition coefficient (Wildman–Crippen LogP) is 2.28. The molecule has 0 aliphatic carbocycles. The van der Waals surface area contributed by atoms with Crippen LogP contribution in [0.4, 0.5) is 4.79 Å². The number of alkyl carbamates (subject to hydrolysis) is 1. The SMILES string of the molecule is CC(C)(C)O[C@@H]1NC(=O)[C@H]1NC(=O)[C@H](Cc1ccccc1)NC(=O)OCc1ccccc1. The minimum atomic E-state index is -0.927. The second-order valence-corrected chi connectivity index (χ2v) is 8.59. The first kappa shape index (κ1) is 23.3. The Labute approximate surface area is 187 Å². The fourth-order valence-corrected chi connectivity index (χ4v) is 3.19. The maximum atomic E-state index is 13.0. The molecule has 8 nitrogen and oxygen atoms in total. The van der Waals surface area contributed by atoms with E-state index < -0.39 is 35.9 Å². The molecule has 1 saturated heterocycles. The third kappa shape index (κ3) is 6.81. The molecule has 32 heavy (non-hydrogen) atoms. The van der Waals surface area contributed by atoms with Crippen molar-refractivity contribution >= 4 is 17.9 Å². The summed E-state index contributed by atoms with van der Waals surface area (Å²) in [7, 11) is 0. The largest absolute Gasteiger partial charge is 0.445 e. The van der Waals surface area contributed by atoms with Crippen molar-refractivity contribution in [2.45, 2.75) is 57.7 Å². The van der Waals surface area contributed by atoms with Crippen LogP contribution in [-0.4, -0.2) is 41.8 Å². The summed E-state index contributed by atoms with van der Waals surface area (Å²) in [5, 5.41) is 7.95. The lowest BCUT2D eigenvalue weighted by atomic mass is 10.0. The Morgan fingerprint density at radius 2 is 1.59 bits per heavy atom. The number of β-lactam (4-membered cyclic amide) rings is 1. The third-order valence-electron chi connectivity index (χ3n) is 4.75. The van der Waals surface area contributed by atoms with Crippen molar-refractivity contribution in [2.24, 2.45) is 0 Å². The van der Waals surface area contributed by atoms with Gasteiger partial charge in [-0.1, -0.05) is 60.7 Å². The Hall–Kier alpha value is -3.39. The minimum absolute atomic E-state index is 0.0822. The van der Waals surface area contributed by atoms with E-state index in [1.165, 1.54) is 0 Å². The van der Waals surface area contributed by atoms with E-state index in [1.807, 2.05) is 81.4 Å². The summed E-state index contributed by atoms with van der Waals surface area (Å²) in [4.78, 5) is 37.4. The van der Waals surface area contributed by atoms with Gasteiger partial charge < -0.3 is 25.4 Å². The third-order valence-corrected chi connectivity index (χ3v) is 4.75. The van der Waals surface area contributed by atoms with Gasteiger partial charge in [-0.2, -0.15) is 0 Å². The van der Waals surface area contributed by atoms with Gasteiger partial charge in [0.25, 0.3) is 0 Å². The van der Waals surface area contributed by atoms with E-state index in [4.69, 9.17) is 9.47 Å². The van der Waals surface area contributed by atoms with Gasteiger partial charge in [0.1, 0.15) is 12.6 Å². The van der Waals surface area contributed by atoms with Gasteiger partial charge in [-0.3, -0.25) is 9.59 Å². The summed E-state index contributed by atoms with van der Waals surface area (Å²) < 4.78 is 11.0. The summed E-state index contributed by atoms with van der Waals surface area (Å²) in [5.41, 5.74) is 1.20. The number of carbonyl (C=O) groups excluding carboxylic acids is 3. The zero-order chi connectivity index (χ0) is 23.1. The Bertz CT molecular complexity index is 928. The van der Waals surface area contributed by atoms with Crippen LogP contribution in [0.5, 0.6) is 0 Å². The molecule has 2 aromatic rings.